The minimum Gasteiger partial charge on any atom is -0.462 e. The third kappa shape index (κ3) is 49.5. The molecular formula is C57H96O6. The van der Waals surface area contributed by atoms with Crippen molar-refractivity contribution < 1.29 is 28.6 Å². The summed E-state index contributed by atoms with van der Waals surface area (Å²) < 4.78 is 16.7. The first kappa shape index (κ1) is 59.6. The number of unbranched alkanes of at least 4 members (excludes halogenated alkanes) is 21. The predicted molar refractivity (Wildman–Crippen MR) is 270 cm³/mol. The maximum Gasteiger partial charge on any atom is 0.306 e. The second-order valence-electron chi connectivity index (χ2n) is 17.1. The van der Waals surface area contributed by atoms with E-state index in [-0.39, 0.29) is 37.5 Å². The van der Waals surface area contributed by atoms with Crippen LogP contribution < -0.4 is 0 Å². The molecule has 0 saturated heterocycles. The van der Waals surface area contributed by atoms with Crippen LogP contribution in [0.4, 0.5) is 0 Å². The van der Waals surface area contributed by atoms with Gasteiger partial charge in [0.2, 0.25) is 0 Å². The quantitative estimate of drug-likeness (QED) is 0.0262. The maximum absolute atomic E-state index is 12.8. The van der Waals surface area contributed by atoms with Gasteiger partial charge >= 0.3 is 17.9 Å². The molecule has 0 aromatic carbocycles. The Hall–Kier alpha value is -3.41. The number of hydrogen-bond donors (Lipinski definition) is 0. The standard InChI is InChI=1S/C57H96O6/c1-4-7-10-13-16-19-21-23-25-27-28-30-31-33-35-38-41-44-47-50-56(59)62-53-54(52-61-55(58)49-46-43-40-37-18-15-12-9-6-3)63-57(60)51-48-45-42-39-36-34-32-29-26-24-22-20-17-14-11-8-5-2/h7,10,16,19,23-26,28,30,32,34,39,42,54H,4-6,8-9,11-15,17-18,20-22,27,29,31,33,35-38,40-41,43-53H2,1-3H3/b10-7-,19-16-,25-23-,26-24-,30-28-,34-32-,42-39-. The van der Waals surface area contributed by atoms with Crippen LogP contribution in [0.1, 0.15) is 239 Å². The molecule has 0 rings (SSSR count). The number of carbonyl (C=O) groups is 3. The van der Waals surface area contributed by atoms with E-state index in [0.717, 1.165) is 96.3 Å². The largest absolute Gasteiger partial charge is 0.462 e. The van der Waals surface area contributed by atoms with Crippen LogP contribution >= 0.6 is 0 Å². The van der Waals surface area contributed by atoms with E-state index in [2.05, 4.69) is 106 Å². The summed E-state index contributed by atoms with van der Waals surface area (Å²) in [5, 5.41) is 0. The molecule has 0 fully saturated rings. The lowest BCUT2D eigenvalue weighted by Crippen LogP contribution is -2.30. The van der Waals surface area contributed by atoms with Gasteiger partial charge in [-0.2, -0.15) is 0 Å². The van der Waals surface area contributed by atoms with E-state index in [0.29, 0.717) is 19.3 Å². The van der Waals surface area contributed by atoms with Crippen molar-refractivity contribution >= 4 is 17.9 Å². The second-order valence-corrected chi connectivity index (χ2v) is 17.1. The number of allylic oxidation sites excluding steroid dienone is 14. The van der Waals surface area contributed by atoms with E-state index in [4.69, 9.17) is 14.2 Å². The summed E-state index contributed by atoms with van der Waals surface area (Å²) in [5.74, 6) is -0.971. The van der Waals surface area contributed by atoms with Gasteiger partial charge in [-0.05, 0) is 89.9 Å². The van der Waals surface area contributed by atoms with E-state index in [1.165, 1.54) is 96.3 Å². The van der Waals surface area contributed by atoms with Crippen molar-refractivity contribution in [1.82, 2.24) is 0 Å². The first-order chi connectivity index (χ1) is 31.0. The number of esters is 3. The van der Waals surface area contributed by atoms with E-state index in [9.17, 15) is 14.4 Å². The van der Waals surface area contributed by atoms with Crippen LogP contribution in [0.3, 0.4) is 0 Å². The fraction of sp³-hybridized carbons (Fsp3) is 0.702. The lowest BCUT2D eigenvalue weighted by molar-refractivity contribution is -0.167. The zero-order valence-electron chi connectivity index (χ0n) is 41.1. The average molecular weight is 877 g/mol. The number of rotatable bonds is 46. The molecule has 0 spiro atoms. The Bertz CT molecular complexity index is 1240. The highest BCUT2D eigenvalue weighted by Gasteiger charge is 2.19. The van der Waals surface area contributed by atoms with E-state index >= 15 is 0 Å². The zero-order valence-corrected chi connectivity index (χ0v) is 41.1. The molecule has 63 heavy (non-hydrogen) atoms. The molecular weight excluding hydrogens is 781 g/mol. The third-order valence-corrected chi connectivity index (χ3v) is 10.9. The van der Waals surface area contributed by atoms with Gasteiger partial charge in [0.1, 0.15) is 13.2 Å². The van der Waals surface area contributed by atoms with Gasteiger partial charge in [-0.15, -0.1) is 0 Å². The minimum absolute atomic E-state index is 0.101. The molecule has 6 nitrogen and oxygen atoms in total. The lowest BCUT2D eigenvalue weighted by atomic mass is 10.1. The molecule has 0 aromatic heterocycles. The van der Waals surface area contributed by atoms with Gasteiger partial charge in [-0.1, -0.05) is 215 Å². The summed E-state index contributed by atoms with van der Waals surface area (Å²) in [6, 6.07) is 0. The Morgan fingerprint density at radius 3 is 1.02 bits per heavy atom. The summed E-state index contributed by atoms with van der Waals surface area (Å²) in [7, 11) is 0. The van der Waals surface area contributed by atoms with Crippen molar-refractivity contribution in [2.45, 2.75) is 245 Å². The molecule has 1 atom stereocenters. The molecule has 1 unspecified atom stereocenters. The summed E-state index contributed by atoms with van der Waals surface area (Å²) >= 11 is 0. The summed E-state index contributed by atoms with van der Waals surface area (Å²) in [6.07, 6.45) is 65.8. The highest BCUT2D eigenvalue weighted by atomic mass is 16.6. The van der Waals surface area contributed by atoms with Gasteiger partial charge in [0.05, 0.1) is 0 Å². The highest BCUT2D eigenvalue weighted by molar-refractivity contribution is 5.71. The van der Waals surface area contributed by atoms with Crippen LogP contribution in [0.5, 0.6) is 0 Å². The average Bonchev–Trinajstić information content (AvgIpc) is 3.28. The van der Waals surface area contributed by atoms with E-state index in [1.807, 2.05) is 0 Å². The normalized spacial score (nSPS) is 12.7. The fourth-order valence-corrected chi connectivity index (χ4v) is 6.98. The monoisotopic (exact) mass is 877 g/mol. The van der Waals surface area contributed by atoms with Gasteiger partial charge in [0.25, 0.3) is 0 Å². The Labute approximate surface area is 388 Å². The maximum atomic E-state index is 12.8. The molecule has 0 heterocycles. The van der Waals surface area contributed by atoms with Crippen molar-refractivity contribution in [2.75, 3.05) is 13.2 Å². The molecule has 0 amide bonds. The Kier molecular flexibility index (Phi) is 48.5. The first-order valence-electron chi connectivity index (χ1n) is 26.1. The van der Waals surface area contributed by atoms with Crippen molar-refractivity contribution in [1.29, 1.82) is 0 Å². The van der Waals surface area contributed by atoms with Gasteiger partial charge in [-0.3, -0.25) is 14.4 Å². The van der Waals surface area contributed by atoms with Crippen molar-refractivity contribution in [3.63, 3.8) is 0 Å². The van der Waals surface area contributed by atoms with Gasteiger partial charge < -0.3 is 14.2 Å². The van der Waals surface area contributed by atoms with Crippen LogP contribution in [0.2, 0.25) is 0 Å². The Morgan fingerprint density at radius 2 is 0.635 bits per heavy atom. The first-order valence-corrected chi connectivity index (χ1v) is 26.1. The SMILES string of the molecule is CC/C=C\C/C=C\C/C=C\C/C=C\CCCCCCCCC(=O)OCC(COC(=O)CCCCCCCCCCC)OC(=O)CCC/C=C\C/C=C\C/C=C\CCCCCCCC. The number of carbonyl (C=O) groups excluding carboxylic acids is 3. The van der Waals surface area contributed by atoms with Crippen molar-refractivity contribution in [2.24, 2.45) is 0 Å². The van der Waals surface area contributed by atoms with Crippen molar-refractivity contribution in [3.05, 3.63) is 85.1 Å². The van der Waals surface area contributed by atoms with Crippen molar-refractivity contribution in [3.8, 4) is 0 Å². The molecule has 0 bridgehead atoms. The van der Waals surface area contributed by atoms with Gasteiger partial charge in [0, 0.05) is 19.3 Å². The number of hydrogen-bond acceptors (Lipinski definition) is 6. The molecule has 0 radical (unpaired) electrons. The molecule has 0 aromatic rings. The Morgan fingerprint density at radius 1 is 0.333 bits per heavy atom. The number of ether oxygens (including phenoxy) is 3. The lowest BCUT2D eigenvalue weighted by Gasteiger charge is -2.18. The van der Waals surface area contributed by atoms with Crippen LogP contribution in [0, 0.1) is 0 Å². The van der Waals surface area contributed by atoms with Gasteiger partial charge in [0.15, 0.2) is 6.10 Å². The minimum atomic E-state index is -0.806. The smallest absolute Gasteiger partial charge is 0.306 e. The van der Waals surface area contributed by atoms with E-state index in [1.54, 1.807) is 0 Å². The third-order valence-electron chi connectivity index (χ3n) is 10.9. The van der Waals surface area contributed by atoms with Crippen LogP contribution in [0.25, 0.3) is 0 Å². The molecule has 0 aliphatic heterocycles. The summed E-state index contributed by atoms with van der Waals surface area (Å²) in [5.41, 5.74) is 0. The molecule has 360 valence electrons. The molecule has 0 N–H and O–H groups in total. The van der Waals surface area contributed by atoms with E-state index < -0.39 is 6.10 Å². The second kappa shape index (κ2) is 51.2. The van der Waals surface area contributed by atoms with Crippen LogP contribution in [-0.4, -0.2) is 37.2 Å². The van der Waals surface area contributed by atoms with Crippen LogP contribution in [-0.2, 0) is 28.6 Å². The topological polar surface area (TPSA) is 78.9 Å². The molecule has 6 heteroatoms. The summed E-state index contributed by atoms with van der Waals surface area (Å²) in [4.78, 5) is 37.9. The molecule has 0 saturated carbocycles. The highest BCUT2D eigenvalue weighted by Crippen LogP contribution is 2.13. The zero-order chi connectivity index (χ0) is 45.8. The summed E-state index contributed by atoms with van der Waals surface area (Å²) in [6.45, 7) is 6.44. The molecule has 0 aliphatic rings. The molecule has 0 aliphatic carbocycles. The predicted octanol–water partition coefficient (Wildman–Crippen LogP) is 17.2. The van der Waals surface area contributed by atoms with Crippen LogP contribution in [0.15, 0.2) is 85.1 Å². The fourth-order valence-electron chi connectivity index (χ4n) is 6.98. The Balaban J connectivity index is 4.43. The van der Waals surface area contributed by atoms with Gasteiger partial charge in [-0.25, -0.2) is 0 Å².